The fourth-order valence-electron chi connectivity index (χ4n) is 4.01. The number of piperazine rings is 1. The number of hydrogen-bond acceptors (Lipinski definition) is 6. The van der Waals surface area contributed by atoms with Gasteiger partial charge in [-0.15, -0.1) is 0 Å². The molecule has 14 heteroatoms. The van der Waals surface area contributed by atoms with Gasteiger partial charge >= 0.3 is 12.4 Å². The Morgan fingerprint density at radius 1 is 1.03 bits per heavy atom. The van der Waals surface area contributed by atoms with Gasteiger partial charge in [-0.05, 0) is 24.1 Å². The van der Waals surface area contributed by atoms with E-state index in [-0.39, 0.29) is 53.1 Å². The molecular weight excluding hydrogens is 570 g/mol. The summed E-state index contributed by atoms with van der Waals surface area (Å²) in [6.45, 7) is 3.24. The van der Waals surface area contributed by atoms with Crippen LogP contribution in [-0.2, 0) is 15.6 Å². The molecule has 2 aliphatic rings. The highest BCUT2D eigenvalue weighted by Gasteiger charge is 2.71. The molecule has 0 aromatic heterocycles. The third kappa shape index (κ3) is 6.17. The van der Waals surface area contributed by atoms with E-state index in [4.69, 9.17) is 12.2 Å². The predicted molar refractivity (Wildman–Crippen MR) is 137 cm³/mol. The van der Waals surface area contributed by atoms with Gasteiger partial charge in [0.2, 0.25) is 10.0 Å². The smallest absolute Gasteiger partial charge is 0.380 e. The average Bonchev–Trinajstić information content (AvgIpc) is 2.85. The molecular formula is C25H26F6N2O4S2. The van der Waals surface area contributed by atoms with Crippen molar-refractivity contribution in [2.75, 3.05) is 31.1 Å². The van der Waals surface area contributed by atoms with Crippen LogP contribution in [0.3, 0.4) is 0 Å². The average molecular weight is 597 g/mol. The van der Waals surface area contributed by atoms with Crippen molar-refractivity contribution in [2.45, 2.75) is 44.3 Å². The van der Waals surface area contributed by atoms with Crippen molar-refractivity contribution >= 4 is 32.8 Å². The summed E-state index contributed by atoms with van der Waals surface area (Å²) in [6, 6.07) is 1.98. The fourth-order valence-corrected chi connectivity index (χ4v) is 6.03. The van der Waals surface area contributed by atoms with Gasteiger partial charge in [-0.2, -0.15) is 30.6 Å². The summed E-state index contributed by atoms with van der Waals surface area (Å²) in [6.07, 6.45) is -8.38. The normalized spacial score (nSPS) is 18.6. The van der Waals surface area contributed by atoms with E-state index >= 15 is 0 Å². The quantitative estimate of drug-likeness (QED) is 0.304. The van der Waals surface area contributed by atoms with E-state index in [0.29, 0.717) is 18.6 Å². The Hall–Kier alpha value is -2.44. The van der Waals surface area contributed by atoms with E-state index in [9.17, 15) is 45.0 Å². The van der Waals surface area contributed by atoms with E-state index in [2.05, 4.69) is 11.8 Å². The largest absolute Gasteiger partial charge is 0.430 e. The molecule has 1 aliphatic carbocycles. The predicted octanol–water partition coefficient (Wildman–Crippen LogP) is 4.03. The van der Waals surface area contributed by atoms with Gasteiger partial charge in [-0.25, -0.2) is 8.42 Å². The van der Waals surface area contributed by atoms with Gasteiger partial charge in [-0.1, -0.05) is 56.1 Å². The molecule has 0 radical (unpaired) electrons. The second kappa shape index (κ2) is 11.2. The third-order valence-corrected chi connectivity index (χ3v) is 8.88. The maximum Gasteiger partial charge on any atom is 0.430 e. The molecule has 1 heterocycles. The van der Waals surface area contributed by atoms with Gasteiger partial charge in [0, 0.05) is 48.6 Å². The summed E-state index contributed by atoms with van der Waals surface area (Å²) in [4.78, 5) is 1.83. The van der Waals surface area contributed by atoms with Crippen molar-refractivity contribution in [1.29, 1.82) is 0 Å². The Morgan fingerprint density at radius 2 is 1.62 bits per heavy atom. The van der Waals surface area contributed by atoms with Crippen LogP contribution in [0.2, 0.25) is 0 Å². The molecule has 39 heavy (non-hydrogen) atoms. The summed E-state index contributed by atoms with van der Waals surface area (Å²) in [7, 11) is -3.91. The number of anilines is 1. The van der Waals surface area contributed by atoms with Crippen molar-refractivity contribution in [3.05, 3.63) is 52.5 Å². The number of rotatable bonds is 5. The molecule has 1 saturated heterocycles. The van der Waals surface area contributed by atoms with Crippen LogP contribution in [0, 0.1) is 17.8 Å². The molecule has 1 aromatic rings. The van der Waals surface area contributed by atoms with Crippen molar-refractivity contribution in [3.8, 4) is 11.8 Å². The highest BCUT2D eigenvalue weighted by atomic mass is 32.2. The number of allylic oxidation sites excluding steroid dienone is 4. The monoisotopic (exact) mass is 596 g/mol. The summed E-state index contributed by atoms with van der Waals surface area (Å²) < 4.78 is 108. The molecule has 2 N–H and O–H groups in total. The van der Waals surface area contributed by atoms with Crippen LogP contribution in [0.4, 0.5) is 32.0 Å². The summed E-state index contributed by atoms with van der Waals surface area (Å²) in [5.41, 5.74) is -6.81. The van der Waals surface area contributed by atoms with E-state index < -0.39 is 39.6 Å². The minimum atomic E-state index is -6.08. The maximum absolute atomic E-state index is 13.5. The lowest BCUT2D eigenvalue weighted by molar-refractivity contribution is -0.376. The topological polar surface area (TPSA) is 81.1 Å². The van der Waals surface area contributed by atoms with Crippen molar-refractivity contribution < 1.29 is 45.0 Å². The number of sulfonamides is 1. The molecule has 0 amide bonds. The number of nitrogens with zero attached hydrogens (tertiary/aromatic N) is 2. The summed E-state index contributed by atoms with van der Waals surface area (Å²) >= 11 is 5.17. The van der Waals surface area contributed by atoms with Crippen LogP contribution < -0.4 is 4.90 Å². The highest BCUT2D eigenvalue weighted by molar-refractivity contribution is 7.96. The molecule has 1 aromatic carbocycles. The first-order chi connectivity index (χ1) is 17.9. The number of aliphatic hydroxyl groups excluding tert-OH is 1. The van der Waals surface area contributed by atoms with E-state index in [1.165, 1.54) is 10.4 Å². The minimum Gasteiger partial charge on any atom is -0.380 e. The summed E-state index contributed by atoms with van der Waals surface area (Å²) in [5.74, 6) is 4.49. The Kier molecular flexibility index (Phi) is 8.94. The third-order valence-electron chi connectivity index (χ3n) is 6.38. The lowest BCUT2D eigenvalue weighted by atomic mass is 9.90. The van der Waals surface area contributed by atoms with Crippen LogP contribution in [0.5, 0.6) is 0 Å². The van der Waals surface area contributed by atoms with Crippen LogP contribution in [0.25, 0.3) is 0 Å². The van der Waals surface area contributed by atoms with Crippen LogP contribution in [-0.4, -0.2) is 72.4 Å². The molecule has 6 nitrogen and oxygen atoms in total. The van der Waals surface area contributed by atoms with E-state index in [1.54, 1.807) is 30.9 Å². The Morgan fingerprint density at radius 3 is 2.13 bits per heavy atom. The standard InChI is InChI=1S/C25H26F6N2O4S2/c1-16(2)20(34)10-7-17-15-18(23(35,24(26,27)28)25(29,30)31)8-9-19(17)32-11-13-33(14-12-32)39(36,37)22-6-4-3-5-21(22)38/h3-4,6,8-9,15-16,20,34-35H,5,11-14H2,1-2H3/t20-/m0/s1. The number of benzene rings is 1. The first-order valence-corrected chi connectivity index (χ1v) is 13.6. The number of aliphatic hydroxyl groups is 2. The van der Waals surface area contributed by atoms with Crippen molar-refractivity contribution in [1.82, 2.24) is 4.31 Å². The molecule has 0 unspecified atom stereocenters. The van der Waals surface area contributed by atoms with Crippen LogP contribution in [0.1, 0.15) is 31.4 Å². The Bertz CT molecular complexity index is 1320. The molecule has 0 spiro atoms. The maximum atomic E-state index is 13.5. The Labute approximate surface area is 227 Å². The highest BCUT2D eigenvalue weighted by Crippen LogP contribution is 2.50. The van der Waals surface area contributed by atoms with Gasteiger partial charge in [0.1, 0.15) is 6.10 Å². The molecule has 1 aliphatic heterocycles. The zero-order valence-electron chi connectivity index (χ0n) is 20.8. The van der Waals surface area contributed by atoms with Gasteiger partial charge in [0.05, 0.1) is 10.6 Å². The van der Waals surface area contributed by atoms with Crippen molar-refractivity contribution in [2.24, 2.45) is 5.92 Å². The zero-order valence-corrected chi connectivity index (χ0v) is 22.5. The molecule has 1 fully saturated rings. The SMILES string of the molecule is CC(C)[C@@H](O)C#Cc1cc(C(O)(C(F)(F)F)C(F)(F)F)ccc1N1CCN(S(=O)(=O)C2=CC=CCC2=S)CC1. The molecule has 0 saturated carbocycles. The van der Waals surface area contributed by atoms with E-state index in [0.717, 1.165) is 6.07 Å². The van der Waals surface area contributed by atoms with E-state index in [1.807, 2.05) is 0 Å². The van der Waals surface area contributed by atoms with Gasteiger partial charge in [0.15, 0.2) is 0 Å². The van der Waals surface area contributed by atoms with Crippen LogP contribution in [0.15, 0.2) is 41.3 Å². The second-order valence-corrected chi connectivity index (χ2v) is 11.8. The number of halogens is 6. The van der Waals surface area contributed by atoms with Crippen LogP contribution >= 0.6 is 12.2 Å². The van der Waals surface area contributed by atoms with Gasteiger partial charge in [0.25, 0.3) is 5.60 Å². The van der Waals surface area contributed by atoms with Crippen molar-refractivity contribution in [3.63, 3.8) is 0 Å². The zero-order chi connectivity index (χ0) is 29.4. The number of hydrogen-bond donors (Lipinski definition) is 2. The number of thiocarbonyl (C=S) groups is 1. The second-order valence-electron chi connectivity index (χ2n) is 9.37. The number of alkyl halides is 6. The summed E-state index contributed by atoms with van der Waals surface area (Å²) in [5, 5.41) is 19.9. The molecule has 214 valence electrons. The minimum absolute atomic E-state index is 0.00520. The molecule has 0 bridgehead atoms. The first-order valence-electron chi connectivity index (χ1n) is 11.8. The molecule has 1 atom stereocenters. The fraction of sp³-hybridized carbons (Fsp3) is 0.480. The lowest BCUT2D eigenvalue weighted by Crippen LogP contribution is -2.54. The Balaban J connectivity index is 1.99. The first kappa shape index (κ1) is 31.1. The lowest BCUT2D eigenvalue weighted by Gasteiger charge is -2.37. The van der Waals surface area contributed by atoms with Gasteiger partial charge in [-0.3, -0.25) is 0 Å². The molecule has 3 rings (SSSR count). The van der Waals surface area contributed by atoms with Gasteiger partial charge < -0.3 is 15.1 Å².